The molecular formula is C23H24F2N6O2. The molecule has 0 radical (unpaired) electrons. The second kappa shape index (κ2) is 8.17. The van der Waals surface area contributed by atoms with Crippen LogP contribution < -0.4 is 10.2 Å². The van der Waals surface area contributed by atoms with Gasteiger partial charge in [-0.1, -0.05) is 0 Å². The molecule has 2 amide bonds. The molecule has 1 N–H and O–H groups in total. The number of hydrogen-bond acceptors (Lipinski definition) is 6. The molecule has 1 aromatic heterocycles. The molecule has 1 aromatic carbocycles. The van der Waals surface area contributed by atoms with E-state index < -0.39 is 17.7 Å². The van der Waals surface area contributed by atoms with Gasteiger partial charge in [-0.3, -0.25) is 9.59 Å². The van der Waals surface area contributed by atoms with Crippen LogP contribution in [0.15, 0.2) is 35.7 Å². The second-order valence-corrected chi connectivity index (χ2v) is 8.84. The van der Waals surface area contributed by atoms with Gasteiger partial charge in [0.15, 0.2) is 0 Å². The van der Waals surface area contributed by atoms with Crippen LogP contribution in [0.3, 0.4) is 0 Å². The van der Waals surface area contributed by atoms with Crippen LogP contribution in [0.1, 0.15) is 54.2 Å². The number of benzene rings is 1. The zero-order valence-corrected chi connectivity index (χ0v) is 18.2. The summed E-state index contributed by atoms with van der Waals surface area (Å²) in [6.07, 6.45) is 6.51. The van der Waals surface area contributed by atoms with Gasteiger partial charge in [0.05, 0.1) is 6.04 Å². The maximum absolute atomic E-state index is 13.8. The van der Waals surface area contributed by atoms with Gasteiger partial charge >= 0.3 is 0 Å². The van der Waals surface area contributed by atoms with Gasteiger partial charge in [0.1, 0.15) is 29.5 Å². The predicted molar refractivity (Wildman–Crippen MR) is 117 cm³/mol. The van der Waals surface area contributed by atoms with Gasteiger partial charge in [0.25, 0.3) is 5.91 Å². The van der Waals surface area contributed by atoms with Crippen LogP contribution in [0, 0.1) is 17.6 Å². The first-order valence-electron chi connectivity index (χ1n) is 11.0. The molecule has 10 heteroatoms. The third-order valence-corrected chi connectivity index (χ3v) is 6.79. The molecule has 1 spiro atoms. The van der Waals surface area contributed by atoms with E-state index in [4.69, 9.17) is 0 Å². The summed E-state index contributed by atoms with van der Waals surface area (Å²) in [7, 11) is 1.55. The minimum atomic E-state index is -0.671. The van der Waals surface area contributed by atoms with Gasteiger partial charge < -0.3 is 10.2 Å². The Balaban J connectivity index is 1.33. The number of aromatic nitrogens is 2. The van der Waals surface area contributed by atoms with E-state index in [1.807, 2.05) is 0 Å². The van der Waals surface area contributed by atoms with Crippen LogP contribution in [0.4, 0.5) is 14.6 Å². The van der Waals surface area contributed by atoms with Crippen LogP contribution in [-0.2, 0) is 4.79 Å². The van der Waals surface area contributed by atoms with Gasteiger partial charge in [-0.05, 0) is 43.4 Å². The van der Waals surface area contributed by atoms with Crippen molar-refractivity contribution in [2.75, 3.05) is 18.5 Å². The number of carbonyl (C=O) groups excluding carboxylic acids is 2. The first-order chi connectivity index (χ1) is 15.9. The maximum atomic E-state index is 13.8. The number of nitrogens with one attached hydrogen (secondary N) is 1. The number of halogens is 2. The van der Waals surface area contributed by atoms with E-state index in [1.54, 1.807) is 19.3 Å². The molecular weight excluding hydrogens is 430 g/mol. The number of amides is 2. The zero-order valence-electron chi connectivity index (χ0n) is 18.2. The van der Waals surface area contributed by atoms with E-state index in [0.717, 1.165) is 18.9 Å². The molecule has 1 saturated carbocycles. The predicted octanol–water partition coefficient (Wildman–Crippen LogP) is 2.82. The summed E-state index contributed by atoms with van der Waals surface area (Å²) in [5.41, 5.74) is 0.518. The summed E-state index contributed by atoms with van der Waals surface area (Å²) in [5.74, 6) is -1.32. The molecule has 2 aromatic rings. The van der Waals surface area contributed by atoms with Crippen molar-refractivity contribution in [3.05, 3.63) is 53.5 Å². The topological polar surface area (TPSA) is 90.8 Å². The minimum absolute atomic E-state index is 0.127. The quantitative estimate of drug-likeness (QED) is 0.767. The van der Waals surface area contributed by atoms with Crippen molar-refractivity contribution >= 4 is 23.8 Å². The Kier molecular flexibility index (Phi) is 5.30. The largest absolute Gasteiger partial charge is 0.354 e. The van der Waals surface area contributed by atoms with Crippen LogP contribution in [0.5, 0.6) is 0 Å². The smallest absolute Gasteiger partial charge is 0.269 e. The summed E-state index contributed by atoms with van der Waals surface area (Å²) in [4.78, 5) is 36.0. The fourth-order valence-electron chi connectivity index (χ4n) is 4.98. The highest BCUT2D eigenvalue weighted by atomic mass is 19.1. The lowest BCUT2D eigenvalue weighted by Gasteiger charge is -2.41. The summed E-state index contributed by atoms with van der Waals surface area (Å²) < 4.78 is 27.5. The number of hydrazone groups is 1. The van der Waals surface area contributed by atoms with Crippen molar-refractivity contribution in [3.63, 3.8) is 0 Å². The molecule has 172 valence electrons. The van der Waals surface area contributed by atoms with Gasteiger partial charge in [0.2, 0.25) is 5.91 Å². The number of anilines is 1. The molecule has 0 bridgehead atoms. The maximum Gasteiger partial charge on any atom is 0.269 e. The van der Waals surface area contributed by atoms with Crippen molar-refractivity contribution in [1.82, 2.24) is 20.3 Å². The van der Waals surface area contributed by atoms with Crippen molar-refractivity contribution in [2.45, 2.75) is 43.7 Å². The molecule has 5 rings (SSSR count). The first-order valence-corrected chi connectivity index (χ1v) is 11.0. The van der Waals surface area contributed by atoms with Crippen molar-refractivity contribution in [3.8, 4) is 0 Å². The van der Waals surface area contributed by atoms with Crippen LogP contribution in [0.25, 0.3) is 0 Å². The molecule has 1 aliphatic carbocycles. The van der Waals surface area contributed by atoms with Gasteiger partial charge in [-0.15, -0.1) is 0 Å². The van der Waals surface area contributed by atoms with Crippen molar-refractivity contribution in [2.24, 2.45) is 11.0 Å². The molecule has 1 saturated heterocycles. The van der Waals surface area contributed by atoms with Crippen LogP contribution in [0.2, 0.25) is 0 Å². The molecule has 2 aliphatic heterocycles. The Morgan fingerprint density at radius 2 is 1.88 bits per heavy atom. The van der Waals surface area contributed by atoms with Crippen LogP contribution >= 0.6 is 0 Å². The summed E-state index contributed by atoms with van der Waals surface area (Å²) in [6, 6.07) is 4.51. The Bertz CT molecular complexity index is 1120. The Morgan fingerprint density at radius 3 is 2.58 bits per heavy atom. The third-order valence-electron chi connectivity index (χ3n) is 6.79. The van der Waals surface area contributed by atoms with Crippen molar-refractivity contribution in [1.29, 1.82) is 0 Å². The fourth-order valence-corrected chi connectivity index (χ4v) is 4.98. The average molecular weight is 454 g/mol. The number of carbonyl (C=O) groups is 2. The van der Waals surface area contributed by atoms with E-state index in [-0.39, 0.29) is 23.3 Å². The van der Waals surface area contributed by atoms with Crippen molar-refractivity contribution < 1.29 is 18.4 Å². The molecule has 2 fully saturated rings. The molecule has 2 atom stereocenters. The summed E-state index contributed by atoms with van der Waals surface area (Å²) >= 11 is 0. The highest BCUT2D eigenvalue weighted by Gasteiger charge is 2.54. The highest BCUT2D eigenvalue weighted by molar-refractivity contribution is 5.92. The second-order valence-electron chi connectivity index (χ2n) is 8.84. The SMILES string of the molecule is CNC(=O)c1cc(N2CCC(C(=O)N3N=CCC3c3cc(F)cc(F)c3)CC23CC3)ncn1. The molecule has 3 aliphatic rings. The minimum Gasteiger partial charge on any atom is -0.354 e. The first kappa shape index (κ1) is 21.4. The van der Waals surface area contributed by atoms with E-state index in [1.165, 1.54) is 23.5 Å². The summed E-state index contributed by atoms with van der Waals surface area (Å²) in [5, 5.41) is 8.20. The molecule has 3 heterocycles. The Labute approximate surface area is 189 Å². The lowest BCUT2D eigenvalue weighted by molar-refractivity contribution is -0.138. The zero-order chi connectivity index (χ0) is 23.2. The van der Waals surface area contributed by atoms with E-state index >= 15 is 0 Å². The average Bonchev–Trinajstić information content (AvgIpc) is 3.38. The fraction of sp³-hybridized carbons (Fsp3) is 0.435. The Hall–Kier alpha value is -3.43. The molecule has 33 heavy (non-hydrogen) atoms. The number of rotatable bonds is 4. The van der Waals surface area contributed by atoms with Gasteiger partial charge in [0, 0.05) is 49.8 Å². The Morgan fingerprint density at radius 1 is 1.12 bits per heavy atom. The number of nitrogens with zero attached hydrogens (tertiary/aromatic N) is 5. The van der Waals surface area contributed by atoms with E-state index in [0.29, 0.717) is 42.9 Å². The lowest BCUT2D eigenvalue weighted by Crippen LogP contribution is -2.49. The van der Waals surface area contributed by atoms with Gasteiger partial charge in [-0.25, -0.2) is 23.8 Å². The normalized spacial score (nSPS) is 23.1. The van der Waals surface area contributed by atoms with Gasteiger partial charge in [-0.2, -0.15) is 5.10 Å². The molecule has 8 nitrogen and oxygen atoms in total. The summed E-state index contributed by atoms with van der Waals surface area (Å²) in [6.45, 7) is 0.609. The van der Waals surface area contributed by atoms with E-state index in [2.05, 4.69) is 25.3 Å². The standard InChI is InChI=1S/C23H24F2N6O2/c1-26-21(32)18-11-20(28-13-27-18)30-7-3-14(12-23(30)4-5-23)22(33)31-19(2-6-29-31)15-8-16(24)10-17(25)9-15/h6,8-11,13-14,19H,2-5,7,12H2,1H3,(H,26,32). The van der Waals surface area contributed by atoms with E-state index in [9.17, 15) is 18.4 Å². The third kappa shape index (κ3) is 3.94. The molecule has 2 unspecified atom stereocenters. The van der Waals surface area contributed by atoms with Crippen LogP contribution in [-0.4, -0.2) is 52.1 Å². The highest BCUT2D eigenvalue weighted by Crippen LogP contribution is 2.52. The lowest BCUT2D eigenvalue weighted by atomic mass is 9.87. The monoisotopic (exact) mass is 454 g/mol. The number of hydrogen-bond donors (Lipinski definition) is 1. The number of piperidine rings is 1.